The second-order valence-electron chi connectivity index (χ2n) is 11.0. The number of aromatic nitrogens is 1. The molecule has 0 aliphatic rings. The van der Waals surface area contributed by atoms with Gasteiger partial charge in [-0.15, -0.1) is 0 Å². The van der Waals surface area contributed by atoms with Crippen molar-refractivity contribution in [3.05, 3.63) is 182 Å². The largest absolute Gasteiger partial charge is 0.310 e. The van der Waals surface area contributed by atoms with Crippen molar-refractivity contribution in [1.82, 2.24) is 4.57 Å². The summed E-state index contributed by atoms with van der Waals surface area (Å²) in [5.74, 6) is 0. The number of anilines is 3. The van der Waals surface area contributed by atoms with E-state index in [-0.39, 0.29) is 0 Å². The van der Waals surface area contributed by atoms with Crippen LogP contribution in [0.4, 0.5) is 17.1 Å². The fourth-order valence-corrected chi connectivity index (χ4v) is 6.35. The Morgan fingerprint density at radius 1 is 0.364 bits per heavy atom. The van der Waals surface area contributed by atoms with Crippen molar-refractivity contribution >= 4 is 38.9 Å². The number of rotatable bonds is 6. The Labute approximate surface area is 257 Å². The van der Waals surface area contributed by atoms with Crippen LogP contribution >= 0.6 is 0 Å². The van der Waals surface area contributed by atoms with Crippen LogP contribution in [0.25, 0.3) is 49.7 Å². The summed E-state index contributed by atoms with van der Waals surface area (Å²) >= 11 is 0. The monoisotopic (exact) mass is 562 g/mol. The molecule has 44 heavy (non-hydrogen) atoms. The third-order valence-electron chi connectivity index (χ3n) is 8.37. The van der Waals surface area contributed by atoms with Gasteiger partial charge in [-0.2, -0.15) is 0 Å². The van der Waals surface area contributed by atoms with Crippen molar-refractivity contribution in [2.24, 2.45) is 0 Å². The van der Waals surface area contributed by atoms with Gasteiger partial charge in [0, 0.05) is 33.4 Å². The molecule has 0 amide bonds. The number of hydrogen-bond donors (Lipinski definition) is 0. The predicted octanol–water partition coefficient (Wildman–Crippen LogP) is 11.6. The molecule has 1 heterocycles. The number of hydrogen-bond acceptors (Lipinski definition) is 1. The molecule has 8 aromatic rings. The minimum Gasteiger partial charge on any atom is -0.310 e. The Morgan fingerprint density at radius 2 is 0.886 bits per heavy atom. The third kappa shape index (κ3) is 4.54. The van der Waals surface area contributed by atoms with Gasteiger partial charge in [0.1, 0.15) is 0 Å². The van der Waals surface area contributed by atoms with E-state index in [4.69, 9.17) is 0 Å². The van der Waals surface area contributed by atoms with Crippen LogP contribution < -0.4 is 4.90 Å². The average Bonchev–Trinajstić information content (AvgIpc) is 3.44. The Hall–Kier alpha value is -5.86. The van der Waals surface area contributed by atoms with E-state index in [9.17, 15) is 0 Å². The molecule has 0 unspecified atom stereocenters. The molecular formula is C42H30N2. The Morgan fingerprint density at radius 3 is 1.57 bits per heavy atom. The molecule has 208 valence electrons. The van der Waals surface area contributed by atoms with Gasteiger partial charge in [-0.05, 0) is 83.4 Å². The summed E-state index contributed by atoms with van der Waals surface area (Å²) in [6, 6.07) is 65.0. The molecule has 0 bridgehead atoms. The van der Waals surface area contributed by atoms with Crippen LogP contribution in [0.1, 0.15) is 0 Å². The quantitative estimate of drug-likeness (QED) is 0.196. The summed E-state index contributed by atoms with van der Waals surface area (Å²) in [6.07, 6.45) is 0. The van der Waals surface area contributed by atoms with E-state index in [1.807, 2.05) is 0 Å². The fraction of sp³-hybridized carbons (Fsp3) is 0. The van der Waals surface area contributed by atoms with Gasteiger partial charge in [0.15, 0.2) is 0 Å². The highest BCUT2D eigenvalue weighted by Gasteiger charge is 2.19. The zero-order valence-electron chi connectivity index (χ0n) is 24.2. The van der Waals surface area contributed by atoms with Gasteiger partial charge < -0.3 is 9.47 Å². The molecule has 0 saturated carbocycles. The minimum absolute atomic E-state index is 1.12. The van der Waals surface area contributed by atoms with Crippen LogP contribution in [0.15, 0.2) is 182 Å². The third-order valence-corrected chi connectivity index (χ3v) is 8.37. The maximum atomic E-state index is 2.37. The molecule has 0 saturated heterocycles. The van der Waals surface area contributed by atoms with Crippen LogP contribution in [0.2, 0.25) is 0 Å². The summed E-state index contributed by atoms with van der Waals surface area (Å²) in [6.45, 7) is 0. The van der Waals surface area contributed by atoms with Crippen LogP contribution in [0, 0.1) is 0 Å². The van der Waals surface area contributed by atoms with Crippen molar-refractivity contribution < 1.29 is 0 Å². The number of nitrogens with zero attached hydrogens (tertiary/aromatic N) is 2. The number of para-hydroxylation sites is 4. The maximum absolute atomic E-state index is 2.37. The molecular weight excluding hydrogens is 532 g/mol. The molecule has 8 rings (SSSR count). The first-order valence-electron chi connectivity index (χ1n) is 15.0. The molecule has 2 nitrogen and oxygen atoms in total. The van der Waals surface area contributed by atoms with Crippen LogP contribution in [0.3, 0.4) is 0 Å². The topological polar surface area (TPSA) is 8.17 Å². The van der Waals surface area contributed by atoms with Crippen molar-refractivity contribution in [2.45, 2.75) is 0 Å². The highest BCUT2D eigenvalue weighted by atomic mass is 15.1. The lowest BCUT2D eigenvalue weighted by Crippen LogP contribution is -2.11. The first-order chi connectivity index (χ1) is 21.8. The van der Waals surface area contributed by atoms with E-state index >= 15 is 0 Å². The van der Waals surface area contributed by atoms with Gasteiger partial charge in [0.25, 0.3) is 0 Å². The van der Waals surface area contributed by atoms with E-state index in [2.05, 4.69) is 191 Å². The van der Waals surface area contributed by atoms with Crippen molar-refractivity contribution in [3.63, 3.8) is 0 Å². The number of benzene rings is 7. The highest BCUT2D eigenvalue weighted by Crippen LogP contribution is 2.43. The molecule has 0 N–H and O–H groups in total. The Bertz CT molecular complexity index is 2160. The molecule has 0 aliphatic heterocycles. The minimum atomic E-state index is 1.12. The van der Waals surface area contributed by atoms with Gasteiger partial charge in [0.05, 0.1) is 16.7 Å². The zero-order chi connectivity index (χ0) is 29.3. The lowest BCUT2D eigenvalue weighted by molar-refractivity contribution is 1.18. The summed E-state index contributed by atoms with van der Waals surface area (Å²) in [4.78, 5) is 2.35. The standard InChI is InChI=1S/C42H30N2/c1-5-15-31(16-6-1)38-29-32(25-27-41(38)43(34-17-7-2-8-18-34)35-19-9-3-10-20-35)33-26-28-42-39(30-33)37-23-13-14-24-40(37)44(42)36-21-11-4-12-22-36/h1-30H. The second-order valence-corrected chi connectivity index (χ2v) is 11.0. The lowest BCUT2D eigenvalue weighted by atomic mass is 9.95. The molecule has 1 aromatic heterocycles. The zero-order valence-corrected chi connectivity index (χ0v) is 24.2. The average molecular weight is 563 g/mol. The predicted molar refractivity (Wildman–Crippen MR) is 186 cm³/mol. The van der Waals surface area contributed by atoms with Gasteiger partial charge in [-0.1, -0.05) is 115 Å². The first-order valence-corrected chi connectivity index (χ1v) is 15.0. The van der Waals surface area contributed by atoms with Gasteiger partial charge in [0.2, 0.25) is 0 Å². The Balaban J connectivity index is 1.33. The summed E-state index contributed by atoms with van der Waals surface area (Å²) < 4.78 is 2.37. The van der Waals surface area contributed by atoms with E-state index in [0.29, 0.717) is 0 Å². The first kappa shape index (κ1) is 25.8. The maximum Gasteiger partial charge on any atom is 0.0541 e. The molecule has 0 fully saturated rings. The summed E-state index contributed by atoms with van der Waals surface area (Å²) in [5, 5.41) is 2.51. The molecule has 0 spiro atoms. The van der Waals surface area contributed by atoms with E-state index in [1.54, 1.807) is 0 Å². The van der Waals surface area contributed by atoms with Crippen LogP contribution in [-0.4, -0.2) is 4.57 Å². The molecule has 0 atom stereocenters. The van der Waals surface area contributed by atoms with Crippen LogP contribution in [0.5, 0.6) is 0 Å². The van der Waals surface area contributed by atoms with Crippen molar-refractivity contribution in [3.8, 4) is 27.9 Å². The smallest absolute Gasteiger partial charge is 0.0541 e. The SMILES string of the molecule is c1ccc(-c2cc(-c3ccc4c(c3)c3ccccc3n4-c3ccccc3)ccc2N(c2ccccc2)c2ccccc2)cc1. The van der Waals surface area contributed by atoms with Crippen LogP contribution in [-0.2, 0) is 0 Å². The number of fused-ring (bicyclic) bond motifs is 3. The fourth-order valence-electron chi connectivity index (χ4n) is 6.35. The summed E-state index contributed by atoms with van der Waals surface area (Å²) in [7, 11) is 0. The Kier molecular flexibility index (Phi) is 6.51. The summed E-state index contributed by atoms with van der Waals surface area (Å²) in [5.41, 5.74) is 11.7. The van der Waals surface area contributed by atoms with E-state index in [1.165, 1.54) is 49.7 Å². The van der Waals surface area contributed by atoms with Crippen molar-refractivity contribution in [1.29, 1.82) is 0 Å². The highest BCUT2D eigenvalue weighted by molar-refractivity contribution is 6.10. The van der Waals surface area contributed by atoms with Gasteiger partial charge in [-0.3, -0.25) is 0 Å². The van der Waals surface area contributed by atoms with Crippen molar-refractivity contribution in [2.75, 3.05) is 4.90 Å². The second kappa shape index (κ2) is 11.1. The van der Waals surface area contributed by atoms with E-state index < -0.39 is 0 Å². The van der Waals surface area contributed by atoms with E-state index in [0.717, 1.165) is 17.1 Å². The molecule has 0 radical (unpaired) electrons. The van der Waals surface area contributed by atoms with Gasteiger partial charge >= 0.3 is 0 Å². The molecule has 0 aliphatic carbocycles. The normalized spacial score (nSPS) is 11.2. The lowest BCUT2D eigenvalue weighted by Gasteiger charge is -2.28. The molecule has 7 aromatic carbocycles. The molecule has 2 heteroatoms. The van der Waals surface area contributed by atoms with Gasteiger partial charge in [-0.25, -0.2) is 0 Å².